The van der Waals surface area contributed by atoms with Crippen LogP contribution in [0.2, 0.25) is 0 Å². The Morgan fingerprint density at radius 2 is 2.09 bits per heavy atom. The Balaban J connectivity index is 1.52. The first-order chi connectivity index (χ1) is 11.1. The van der Waals surface area contributed by atoms with Gasteiger partial charge in [-0.2, -0.15) is 0 Å². The topological polar surface area (TPSA) is 55.7 Å². The summed E-state index contributed by atoms with van der Waals surface area (Å²) in [6.45, 7) is 4.67. The van der Waals surface area contributed by atoms with Crippen LogP contribution in [0.3, 0.4) is 0 Å². The van der Waals surface area contributed by atoms with Crippen LogP contribution in [0.5, 0.6) is 5.75 Å². The number of H-pyrrole nitrogens is 1. The Morgan fingerprint density at radius 1 is 1.26 bits per heavy atom. The highest BCUT2D eigenvalue weighted by Crippen LogP contribution is 2.35. The molecule has 5 nitrogen and oxygen atoms in total. The molecule has 23 heavy (non-hydrogen) atoms. The zero-order valence-electron chi connectivity index (χ0n) is 13.9. The van der Waals surface area contributed by atoms with Gasteiger partial charge in [0.25, 0.3) is 0 Å². The molecule has 2 heterocycles. The molecule has 1 aliphatic rings. The van der Waals surface area contributed by atoms with Gasteiger partial charge in [-0.15, -0.1) is 10.2 Å². The summed E-state index contributed by atoms with van der Waals surface area (Å²) in [6, 6.07) is 6.17. The van der Waals surface area contributed by atoms with E-state index in [1.54, 1.807) is 0 Å². The molecule has 0 bridgehead atoms. The first kappa shape index (κ1) is 14.3. The number of aromatic amines is 1. The number of aryl methyl sites for hydroxylation is 2. The SMILES string of the molecule is Cc1[nH]c2ccc(OCc3nnc(C4CCC4)n3C)cc2c1C. The lowest BCUT2D eigenvalue weighted by molar-refractivity contribution is 0.290. The zero-order chi connectivity index (χ0) is 16.0. The smallest absolute Gasteiger partial charge is 0.170 e. The van der Waals surface area contributed by atoms with Gasteiger partial charge in [-0.25, -0.2) is 0 Å². The number of nitrogens with one attached hydrogen (secondary N) is 1. The number of hydrogen-bond donors (Lipinski definition) is 1. The first-order valence-corrected chi connectivity index (χ1v) is 8.23. The van der Waals surface area contributed by atoms with Gasteiger partial charge in [0, 0.05) is 29.6 Å². The lowest BCUT2D eigenvalue weighted by atomic mass is 9.85. The van der Waals surface area contributed by atoms with Crippen LogP contribution < -0.4 is 4.74 Å². The molecule has 1 saturated carbocycles. The summed E-state index contributed by atoms with van der Waals surface area (Å²) < 4.78 is 8.04. The molecule has 0 spiro atoms. The fraction of sp³-hybridized carbons (Fsp3) is 0.444. The molecule has 0 amide bonds. The van der Waals surface area contributed by atoms with Crippen LogP contribution in [0.15, 0.2) is 18.2 Å². The van der Waals surface area contributed by atoms with Crippen molar-refractivity contribution in [3.05, 3.63) is 41.1 Å². The largest absolute Gasteiger partial charge is 0.486 e. The molecule has 2 aromatic heterocycles. The molecule has 120 valence electrons. The summed E-state index contributed by atoms with van der Waals surface area (Å²) >= 11 is 0. The van der Waals surface area contributed by atoms with E-state index in [0.29, 0.717) is 12.5 Å². The molecule has 1 fully saturated rings. The molecule has 0 unspecified atom stereocenters. The monoisotopic (exact) mass is 310 g/mol. The lowest BCUT2D eigenvalue weighted by Gasteiger charge is -2.24. The van der Waals surface area contributed by atoms with Crippen LogP contribution in [-0.4, -0.2) is 19.7 Å². The molecule has 5 heteroatoms. The molecule has 1 N–H and O–H groups in total. The molecular weight excluding hydrogens is 288 g/mol. The summed E-state index contributed by atoms with van der Waals surface area (Å²) in [6.07, 6.45) is 3.77. The third kappa shape index (κ3) is 2.40. The maximum absolute atomic E-state index is 5.95. The molecule has 3 aromatic rings. The average molecular weight is 310 g/mol. The van der Waals surface area contributed by atoms with E-state index >= 15 is 0 Å². The minimum Gasteiger partial charge on any atom is -0.486 e. The molecule has 4 rings (SSSR count). The second kappa shape index (κ2) is 5.41. The minimum atomic E-state index is 0.449. The number of hydrogen-bond acceptors (Lipinski definition) is 3. The summed E-state index contributed by atoms with van der Waals surface area (Å²) in [7, 11) is 2.04. The van der Waals surface area contributed by atoms with Crippen LogP contribution in [0, 0.1) is 13.8 Å². The standard InChI is InChI=1S/C18H22N4O/c1-11-12(2)19-16-8-7-14(9-15(11)16)23-10-17-20-21-18(22(17)3)13-5-4-6-13/h7-9,13,19H,4-6,10H2,1-3H3. The number of fused-ring (bicyclic) bond motifs is 1. The van der Waals surface area contributed by atoms with Crippen LogP contribution in [0.1, 0.15) is 48.1 Å². The van der Waals surface area contributed by atoms with Crippen molar-refractivity contribution in [3.8, 4) is 5.75 Å². The molecule has 0 aliphatic heterocycles. The third-order valence-corrected chi connectivity index (χ3v) is 5.12. The van der Waals surface area contributed by atoms with Crippen LogP contribution in [0.4, 0.5) is 0 Å². The summed E-state index contributed by atoms with van der Waals surface area (Å²) in [4.78, 5) is 3.38. The molecule has 0 atom stereocenters. The van der Waals surface area contributed by atoms with E-state index < -0.39 is 0 Å². The lowest BCUT2D eigenvalue weighted by Crippen LogP contribution is -2.15. The average Bonchev–Trinajstić information content (AvgIpc) is 2.98. The zero-order valence-corrected chi connectivity index (χ0v) is 13.9. The van der Waals surface area contributed by atoms with Crippen molar-refractivity contribution in [2.24, 2.45) is 7.05 Å². The highest BCUT2D eigenvalue weighted by atomic mass is 16.5. The Labute approximate surface area is 135 Å². The highest BCUT2D eigenvalue weighted by molar-refractivity contribution is 5.85. The van der Waals surface area contributed by atoms with Gasteiger partial charge in [0.15, 0.2) is 5.82 Å². The van der Waals surface area contributed by atoms with E-state index in [1.165, 1.54) is 35.9 Å². The maximum atomic E-state index is 5.95. The predicted octanol–water partition coefficient (Wildman–Crippen LogP) is 3.76. The van der Waals surface area contributed by atoms with Gasteiger partial charge in [0.1, 0.15) is 18.2 Å². The molecule has 1 aliphatic carbocycles. The summed E-state index contributed by atoms with van der Waals surface area (Å²) in [5, 5.41) is 9.86. The Hall–Kier alpha value is -2.30. The molecule has 0 saturated heterocycles. The van der Waals surface area contributed by atoms with E-state index in [-0.39, 0.29) is 0 Å². The highest BCUT2D eigenvalue weighted by Gasteiger charge is 2.25. The van der Waals surface area contributed by atoms with Gasteiger partial charge >= 0.3 is 0 Å². The predicted molar refractivity (Wildman–Crippen MR) is 89.7 cm³/mol. The number of ether oxygens (including phenoxy) is 1. The van der Waals surface area contributed by atoms with Crippen molar-refractivity contribution in [1.29, 1.82) is 0 Å². The Morgan fingerprint density at radius 3 is 2.83 bits per heavy atom. The van der Waals surface area contributed by atoms with Crippen LogP contribution >= 0.6 is 0 Å². The molecular formula is C18H22N4O. The van der Waals surface area contributed by atoms with Gasteiger partial charge in [0.2, 0.25) is 0 Å². The van der Waals surface area contributed by atoms with E-state index in [4.69, 9.17) is 4.74 Å². The van der Waals surface area contributed by atoms with E-state index in [9.17, 15) is 0 Å². The molecule has 0 radical (unpaired) electrons. The van der Waals surface area contributed by atoms with Gasteiger partial charge in [-0.3, -0.25) is 0 Å². The maximum Gasteiger partial charge on any atom is 0.170 e. The van der Waals surface area contributed by atoms with Gasteiger partial charge in [-0.05, 0) is 50.5 Å². The van der Waals surface area contributed by atoms with Crippen molar-refractivity contribution in [1.82, 2.24) is 19.7 Å². The number of nitrogens with zero attached hydrogens (tertiary/aromatic N) is 3. The van der Waals surface area contributed by atoms with E-state index in [0.717, 1.165) is 22.9 Å². The second-order valence-corrected chi connectivity index (χ2v) is 6.53. The number of rotatable bonds is 4. The third-order valence-electron chi connectivity index (χ3n) is 5.12. The van der Waals surface area contributed by atoms with Crippen molar-refractivity contribution in [2.75, 3.05) is 0 Å². The van der Waals surface area contributed by atoms with E-state index in [1.807, 2.05) is 13.1 Å². The number of aromatic nitrogens is 4. The minimum absolute atomic E-state index is 0.449. The number of benzene rings is 1. The van der Waals surface area contributed by atoms with Crippen LogP contribution in [0.25, 0.3) is 10.9 Å². The summed E-state index contributed by atoms with van der Waals surface area (Å²) in [5.41, 5.74) is 3.63. The Kier molecular flexibility index (Phi) is 3.36. The van der Waals surface area contributed by atoms with Gasteiger partial charge in [-0.1, -0.05) is 6.42 Å². The van der Waals surface area contributed by atoms with Crippen molar-refractivity contribution in [3.63, 3.8) is 0 Å². The fourth-order valence-electron chi connectivity index (χ4n) is 3.20. The first-order valence-electron chi connectivity index (χ1n) is 8.23. The van der Waals surface area contributed by atoms with Crippen molar-refractivity contribution >= 4 is 10.9 Å². The fourth-order valence-corrected chi connectivity index (χ4v) is 3.20. The summed E-state index contributed by atoms with van der Waals surface area (Å²) in [5.74, 6) is 3.44. The molecule has 1 aromatic carbocycles. The van der Waals surface area contributed by atoms with Gasteiger partial charge in [0.05, 0.1) is 0 Å². The normalized spacial score (nSPS) is 15.1. The Bertz CT molecular complexity index is 857. The second-order valence-electron chi connectivity index (χ2n) is 6.53. The van der Waals surface area contributed by atoms with Crippen molar-refractivity contribution < 1.29 is 4.74 Å². The van der Waals surface area contributed by atoms with Gasteiger partial charge < -0.3 is 14.3 Å². The van der Waals surface area contributed by atoms with Crippen molar-refractivity contribution in [2.45, 2.75) is 45.6 Å². The quantitative estimate of drug-likeness (QED) is 0.798. The van der Waals surface area contributed by atoms with Crippen LogP contribution in [-0.2, 0) is 13.7 Å². The van der Waals surface area contributed by atoms with E-state index in [2.05, 4.69) is 45.7 Å².